The van der Waals surface area contributed by atoms with Crippen molar-refractivity contribution in [2.24, 2.45) is 0 Å². The Bertz CT molecular complexity index is 1160. The lowest BCUT2D eigenvalue weighted by atomic mass is 10.1. The summed E-state index contributed by atoms with van der Waals surface area (Å²) in [5, 5.41) is 0. The van der Waals surface area contributed by atoms with Crippen LogP contribution in [-0.2, 0) is 32.1 Å². The van der Waals surface area contributed by atoms with E-state index in [9.17, 15) is 4.79 Å². The summed E-state index contributed by atoms with van der Waals surface area (Å²) in [5.74, 6) is -0.180. The Morgan fingerprint density at radius 3 is 1.34 bits per heavy atom. The van der Waals surface area contributed by atoms with Crippen LogP contribution in [0.25, 0.3) is 0 Å². The minimum Gasteiger partial charge on any atom is -0.462 e. The molecule has 6 nitrogen and oxygen atoms in total. The van der Waals surface area contributed by atoms with Gasteiger partial charge in [0.05, 0.1) is 13.2 Å². The van der Waals surface area contributed by atoms with E-state index >= 15 is 0 Å². The molecule has 0 spiro atoms. The van der Waals surface area contributed by atoms with Gasteiger partial charge >= 0.3 is 5.97 Å². The summed E-state index contributed by atoms with van der Waals surface area (Å²) >= 11 is 0. The van der Waals surface area contributed by atoms with E-state index < -0.39 is 0 Å². The number of esters is 1. The average molecular weight is 821 g/mol. The smallest absolute Gasteiger partial charge is 0.320 e. The van der Waals surface area contributed by atoms with E-state index in [1.165, 1.54) is 152 Å². The fourth-order valence-corrected chi connectivity index (χ4v) is 7.93. The first-order chi connectivity index (χ1) is 29.1. The molecule has 2 aromatic carbocycles. The molecular formula is C53H92N2O4. The number of carbonyl (C=O) groups excluding carboxylic acids is 1. The molecule has 0 aliphatic heterocycles. The van der Waals surface area contributed by atoms with E-state index in [0.29, 0.717) is 13.2 Å². The van der Waals surface area contributed by atoms with Gasteiger partial charge in [-0.1, -0.05) is 223 Å². The predicted molar refractivity (Wildman–Crippen MR) is 252 cm³/mol. The van der Waals surface area contributed by atoms with Crippen LogP contribution >= 0.6 is 0 Å². The second-order valence-corrected chi connectivity index (χ2v) is 17.3. The predicted octanol–water partition coefficient (Wildman–Crippen LogP) is 14.1. The Balaban J connectivity index is 1.76. The molecule has 0 N–H and O–H groups in total. The standard InChI is InChI=1S/C53H92N2O4/c1-4-7-9-11-13-15-17-19-21-23-25-35-43-57-48-52(58-44-36-26-24-22-20-18-16-14-12-10-8-5-2)49-59-53(56)47-55(46-51-39-31-28-32-40-51)42-34-33-41-54(6-3)45-50-37-29-27-30-38-50/h27-32,37-40,52H,4-26,33-36,41-49H2,1-3H3. The maximum absolute atomic E-state index is 13.4. The van der Waals surface area contributed by atoms with Gasteiger partial charge in [-0.25, -0.2) is 0 Å². The molecule has 0 amide bonds. The molecule has 338 valence electrons. The largest absolute Gasteiger partial charge is 0.462 e. The van der Waals surface area contributed by atoms with Crippen LogP contribution in [-0.4, -0.2) is 74.5 Å². The SMILES string of the molecule is CCCCCCCCCCCCCCOCC(COC(=O)CN(CCCCN(CC)Cc1ccccc1)Cc1ccccc1)OCCCCCCCCCCCCCC. The molecule has 6 heteroatoms. The molecule has 0 aliphatic rings. The molecule has 0 saturated heterocycles. The summed E-state index contributed by atoms with van der Waals surface area (Å²) in [4.78, 5) is 18.1. The van der Waals surface area contributed by atoms with Crippen LogP contribution < -0.4 is 0 Å². The number of rotatable bonds is 43. The first-order valence-electron chi connectivity index (χ1n) is 25.0. The van der Waals surface area contributed by atoms with Crippen molar-refractivity contribution < 1.29 is 19.0 Å². The molecule has 0 saturated carbocycles. The normalized spacial score (nSPS) is 12.2. The van der Waals surface area contributed by atoms with E-state index in [1.807, 2.05) is 6.07 Å². The molecule has 1 atom stereocenters. The summed E-state index contributed by atoms with van der Waals surface area (Å²) in [6.45, 7) is 13.9. The van der Waals surface area contributed by atoms with Crippen molar-refractivity contribution in [2.75, 3.05) is 52.6 Å². The topological polar surface area (TPSA) is 51.2 Å². The zero-order valence-electron chi connectivity index (χ0n) is 38.8. The lowest BCUT2D eigenvalue weighted by molar-refractivity contribution is -0.151. The number of nitrogens with zero attached hydrogens (tertiary/aromatic N) is 2. The third-order valence-corrected chi connectivity index (χ3v) is 11.7. The van der Waals surface area contributed by atoms with E-state index in [1.54, 1.807) is 0 Å². The highest BCUT2D eigenvalue weighted by Crippen LogP contribution is 2.15. The number of hydrogen-bond donors (Lipinski definition) is 0. The van der Waals surface area contributed by atoms with Gasteiger partial charge in [-0.05, 0) is 56.4 Å². The summed E-state index contributed by atoms with van der Waals surface area (Å²) < 4.78 is 18.4. The lowest BCUT2D eigenvalue weighted by Crippen LogP contribution is -2.34. The molecule has 2 rings (SSSR count). The van der Waals surface area contributed by atoms with Crippen LogP contribution in [0.3, 0.4) is 0 Å². The van der Waals surface area contributed by atoms with Gasteiger partial charge in [-0.15, -0.1) is 0 Å². The van der Waals surface area contributed by atoms with E-state index in [4.69, 9.17) is 14.2 Å². The summed E-state index contributed by atoms with van der Waals surface area (Å²) in [6, 6.07) is 21.2. The lowest BCUT2D eigenvalue weighted by Gasteiger charge is -2.24. The van der Waals surface area contributed by atoms with Gasteiger partial charge in [0.25, 0.3) is 0 Å². The van der Waals surface area contributed by atoms with Crippen LogP contribution in [0.15, 0.2) is 60.7 Å². The molecule has 59 heavy (non-hydrogen) atoms. The second kappa shape index (κ2) is 39.9. The molecule has 0 fully saturated rings. The maximum Gasteiger partial charge on any atom is 0.320 e. The van der Waals surface area contributed by atoms with Crippen LogP contribution in [0.4, 0.5) is 0 Å². The average Bonchev–Trinajstić information content (AvgIpc) is 3.25. The van der Waals surface area contributed by atoms with Gasteiger partial charge in [-0.3, -0.25) is 14.6 Å². The van der Waals surface area contributed by atoms with Crippen molar-refractivity contribution in [1.82, 2.24) is 9.80 Å². The van der Waals surface area contributed by atoms with Gasteiger partial charge in [0, 0.05) is 26.3 Å². The van der Waals surface area contributed by atoms with E-state index in [2.05, 4.69) is 85.2 Å². The van der Waals surface area contributed by atoms with Crippen molar-refractivity contribution in [3.05, 3.63) is 71.8 Å². The zero-order valence-corrected chi connectivity index (χ0v) is 38.8. The Kier molecular flexibility index (Phi) is 35.7. The molecular weight excluding hydrogens is 729 g/mol. The summed E-state index contributed by atoms with van der Waals surface area (Å²) in [6.07, 6.45) is 33.8. The Labute approximate surface area is 364 Å². The van der Waals surface area contributed by atoms with Crippen LogP contribution in [0.2, 0.25) is 0 Å². The molecule has 0 heterocycles. The summed E-state index contributed by atoms with van der Waals surface area (Å²) in [5.41, 5.74) is 2.57. The molecule has 0 aromatic heterocycles. The van der Waals surface area contributed by atoms with Crippen LogP contribution in [0, 0.1) is 0 Å². The minimum atomic E-state index is -0.226. The highest BCUT2D eigenvalue weighted by Gasteiger charge is 2.17. The Morgan fingerprint density at radius 2 is 0.881 bits per heavy atom. The van der Waals surface area contributed by atoms with Crippen molar-refractivity contribution in [3.8, 4) is 0 Å². The number of unbranched alkanes of at least 4 members (excludes halogenated alkanes) is 23. The number of carbonyl (C=O) groups is 1. The second-order valence-electron chi connectivity index (χ2n) is 17.3. The van der Waals surface area contributed by atoms with Gasteiger partial charge in [0.1, 0.15) is 12.7 Å². The highest BCUT2D eigenvalue weighted by atomic mass is 16.6. The van der Waals surface area contributed by atoms with Crippen molar-refractivity contribution in [2.45, 2.75) is 207 Å². The molecule has 2 aromatic rings. The van der Waals surface area contributed by atoms with E-state index in [0.717, 1.165) is 65.0 Å². The molecule has 0 aliphatic carbocycles. The monoisotopic (exact) mass is 821 g/mol. The number of benzene rings is 2. The van der Waals surface area contributed by atoms with Gasteiger partial charge < -0.3 is 14.2 Å². The summed E-state index contributed by atoms with van der Waals surface area (Å²) in [7, 11) is 0. The highest BCUT2D eigenvalue weighted by molar-refractivity contribution is 5.71. The van der Waals surface area contributed by atoms with Crippen molar-refractivity contribution in [1.29, 1.82) is 0 Å². The fraction of sp³-hybridized carbons (Fsp3) is 0.755. The quantitative estimate of drug-likeness (QED) is 0.0491. The van der Waals surface area contributed by atoms with Crippen molar-refractivity contribution in [3.63, 3.8) is 0 Å². The molecule has 0 radical (unpaired) electrons. The Hall–Kier alpha value is -2.25. The first-order valence-corrected chi connectivity index (χ1v) is 25.0. The van der Waals surface area contributed by atoms with Crippen LogP contribution in [0.1, 0.15) is 199 Å². The fourth-order valence-electron chi connectivity index (χ4n) is 7.93. The Morgan fingerprint density at radius 1 is 0.475 bits per heavy atom. The zero-order chi connectivity index (χ0) is 42.1. The maximum atomic E-state index is 13.4. The van der Waals surface area contributed by atoms with Gasteiger partial charge in [-0.2, -0.15) is 0 Å². The first kappa shape index (κ1) is 52.9. The molecule has 1 unspecified atom stereocenters. The van der Waals surface area contributed by atoms with Crippen molar-refractivity contribution >= 4 is 5.97 Å². The van der Waals surface area contributed by atoms with Gasteiger partial charge in [0.15, 0.2) is 0 Å². The van der Waals surface area contributed by atoms with E-state index in [-0.39, 0.29) is 25.2 Å². The third kappa shape index (κ3) is 32.2. The number of hydrogen-bond acceptors (Lipinski definition) is 6. The van der Waals surface area contributed by atoms with Gasteiger partial charge in [0.2, 0.25) is 0 Å². The minimum absolute atomic E-state index is 0.180. The number of ether oxygens (including phenoxy) is 3. The van der Waals surface area contributed by atoms with Crippen LogP contribution in [0.5, 0.6) is 0 Å². The molecule has 0 bridgehead atoms. The third-order valence-electron chi connectivity index (χ3n) is 11.7.